The normalized spacial score (nSPS) is 19.1. The highest BCUT2D eigenvalue weighted by atomic mass is 35.5. The second-order valence-corrected chi connectivity index (χ2v) is 6.45. The molecule has 1 rings (SSSR count). The standard InChI is InChI=1S/C9H16Cl2Si/c10-9(11)7-12-6-8-4-2-1-3-5-8/h4,9H,1-3,5-7,12H2. The van der Waals surface area contributed by atoms with Gasteiger partial charge in [0.15, 0.2) is 0 Å². The first kappa shape index (κ1) is 10.6. The summed E-state index contributed by atoms with van der Waals surface area (Å²) >= 11 is 11.4. The Morgan fingerprint density at radius 1 is 1.42 bits per heavy atom. The van der Waals surface area contributed by atoms with Gasteiger partial charge in [0, 0.05) is 9.52 Å². The Kier molecular flexibility index (Phi) is 5.36. The van der Waals surface area contributed by atoms with Crippen molar-refractivity contribution in [1.82, 2.24) is 0 Å². The van der Waals surface area contributed by atoms with E-state index in [1.165, 1.54) is 31.7 Å². The van der Waals surface area contributed by atoms with Gasteiger partial charge < -0.3 is 0 Å². The zero-order valence-electron chi connectivity index (χ0n) is 7.36. The zero-order valence-corrected chi connectivity index (χ0v) is 10.3. The number of alkyl halides is 2. The van der Waals surface area contributed by atoms with Crippen molar-refractivity contribution in [2.45, 2.75) is 42.6 Å². The molecule has 1 aliphatic rings. The molecule has 0 aromatic carbocycles. The zero-order chi connectivity index (χ0) is 8.81. The van der Waals surface area contributed by atoms with E-state index in [9.17, 15) is 0 Å². The third-order valence-corrected chi connectivity index (χ3v) is 5.46. The highest BCUT2D eigenvalue weighted by Gasteiger charge is 2.05. The molecule has 12 heavy (non-hydrogen) atoms. The van der Waals surface area contributed by atoms with Crippen LogP contribution in [-0.2, 0) is 0 Å². The second kappa shape index (κ2) is 6.06. The molecule has 0 radical (unpaired) electrons. The minimum Gasteiger partial charge on any atom is -0.106 e. The van der Waals surface area contributed by atoms with E-state index >= 15 is 0 Å². The van der Waals surface area contributed by atoms with Gasteiger partial charge in [-0.05, 0) is 37.8 Å². The summed E-state index contributed by atoms with van der Waals surface area (Å²) in [5.41, 5.74) is 1.68. The molecule has 0 nitrogen and oxygen atoms in total. The monoisotopic (exact) mass is 222 g/mol. The van der Waals surface area contributed by atoms with E-state index in [0.29, 0.717) is 0 Å². The molecule has 0 heterocycles. The predicted molar refractivity (Wildman–Crippen MR) is 60.2 cm³/mol. The maximum Gasteiger partial charge on any atom is 0.105 e. The van der Waals surface area contributed by atoms with E-state index in [2.05, 4.69) is 6.08 Å². The van der Waals surface area contributed by atoms with Crippen molar-refractivity contribution in [3.05, 3.63) is 11.6 Å². The minimum absolute atomic E-state index is 0.0132. The van der Waals surface area contributed by atoms with Gasteiger partial charge in [-0.2, -0.15) is 0 Å². The van der Waals surface area contributed by atoms with Crippen molar-refractivity contribution in [2.75, 3.05) is 0 Å². The van der Waals surface area contributed by atoms with Gasteiger partial charge in [0.25, 0.3) is 0 Å². The van der Waals surface area contributed by atoms with Gasteiger partial charge >= 0.3 is 0 Å². The smallest absolute Gasteiger partial charge is 0.105 e. The summed E-state index contributed by atoms with van der Waals surface area (Å²) in [6.07, 6.45) is 7.84. The van der Waals surface area contributed by atoms with Gasteiger partial charge in [0.1, 0.15) is 4.84 Å². The minimum atomic E-state index is -0.110. The molecule has 0 N–H and O–H groups in total. The molecule has 0 aliphatic heterocycles. The third-order valence-electron chi connectivity index (χ3n) is 2.31. The molecule has 0 amide bonds. The van der Waals surface area contributed by atoms with Crippen LogP contribution in [0.1, 0.15) is 25.7 Å². The van der Waals surface area contributed by atoms with E-state index in [4.69, 9.17) is 23.2 Å². The molecule has 0 unspecified atom stereocenters. The molecule has 0 saturated heterocycles. The van der Waals surface area contributed by atoms with E-state index in [1.807, 2.05) is 0 Å². The lowest BCUT2D eigenvalue weighted by Gasteiger charge is -2.11. The lowest BCUT2D eigenvalue weighted by molar-refractivity contribution is 0.701. The van der Waals surface area contributed by atoms with Crippen molar-refractivity contribution in [2.24, 2.45) is 0 Å². The Morgan fingerprint density at radius 2 is 2.25 bits per heavy atom. The van der Waals surface area contributed by atoms with Crippen molar-refractivity contribution >= 4 is 32.7 Å². The summed E-state index contributed by atoms with van der Waals surface area (Å²) in [6.45, 7) is 0. The number of allylic oxidation sites excluding steroid dienone is 2. The van der Waals surface area contributed by atoms with Crippen molar-refractivity contribution in [1.29, 1.82) is 0 Å². The second-order valence-electron chi connectivity index (χ2n) is 3.39. The largest absolute Gasteiger partial charge is 0.106 e. The quantitative estimate of drug-likeness (QED) is 0.389. The highest BCUT2D eigenvalue weighted by molar-refractivity contribution is 6.50. The van der Waals surface area contributed by atoms with Crippen molar-refractivity contribution in [3.63, 3.8) is 0 Å². The fraction of sp³-hybridized carbons (Fsp3) is 0.778. The lowest BCUT2D eigenvalue weighted by Crippen LogP contribution is -1.99. The van der Waals surface area contributed by atoms with Crippen LogP contribution >= 0.6 is 23.2 Å². The van der Waals surface area contributed by atoms with Gasteiger partial charge in [-0.1, -0.05) is 11.6 Å². The molecule has 0 saturated carbocycles. The fourth-order valence-electron chi connectivity index (χ4n) is 1.62. The maximum absolute atomic E-state index is 5.68. The molecule has 0 spiro atoms. The third kappa shape index (κ3) is 4.54. The molecule has 70 valence electrons. The first-order valence-electron chi connectivity index (χ1n) is 4.75. The van der Waals surface area contributed by atoms with Crippen LogP contribution in [0.5, 0.6) is 0 Å². The fourth-order valence-corrected chi connectivity index (χ4v) is 3.96. The topological polar surface area (TPSA) is 0 Å². The van der Waals surface area contributed by atoms with E-state index < -0.39 is 0 Å². The summed E-state index contributed by atoms with van der Waals surface area (Å²) in [5, 5.41) is 0. The maximum atomic E-state index is 5.68. The molecular formula is C9H16Cl2Si. The van der Waals surface area contributed by atoms with Gasteiger partial charge in [-0.15, -0.1) is 23.2 Å². The van der Waals surface area contributed by atoms with Crippen LogP contribution in [0.2, 0.25) is 12.1 Å². The van der Waals surface area contributed by atoms with Crippen LogP contribution < -0.4 is 0 Å². The summed E-state index contributed by atoms with van der Waals surface area (Å²) < 4.78 is 0. The van der Waals surface area contributed by atoms with E-state index in [0.717, 1.165) is 6.04 Å². The van der Waals surface area contributed by atoms with E-state index in [-0.39, 0.29) is 14.4 Å². The number of hydrogen-bond donors (Lipinski definition) is 0. The highest BCUT2D eigenvalue weighted by Crippen LogP contribution is 2.21. The Bertz CT molecular complexity index is 155. The Labute approximate surface area is 87.1 Å². The molecule has 0 bridgehead atoms. The molecule has 0 aromatic heterocycles. The first-order chi connectivity index (χ1) is 5.79. The Morgan fingerprint density at radius 3 is 2.83 bits per heavy atom. The molecule has 1 aliphatic carbocycles. The molecule has 0 atom stereocenters. The van der Waals surface area contributed by atoms with Crippen LogP contribution in [-0.4, -0.2) is 14.4 Å². The van der Waals surface area contributed by atoms with Crippen LogP contribution in [0.4, 0.5) is 0 Å². The van der Waals surface area contributed by atoms with Crippen LogP contribution in [0, 0.1) is 0 Å². The summed E-state index contributed by atoms with van der Waals surface area (Å²) in [6, 6.07) is 2.41. The van der Waals surface area contributed by atoms with Crippen LogP contribution in [0.15, 0.2) is 11.6 Å². The van der Waals surface area contributed by atoms with E-state index in [1.54, 1.807) is 5.57 Å². The number of halogens is 2. The van der Waals surface area contributed by atoms with Gasteiger partial charge in [0.05, 0.1) is 0 Å². The molecule has 0 aromatic rings. The summed E-state index contributed by atoms with van der Waals surface area (Å²) in [7, 11) is -0.0132. The molecule has 0 fully saturated rings. The number of hydrogen-bond acceptors (Lipinski definition) is 0. The van der Waals surface area contributed by atoms with Crippen LogP contribution in [0.3, 0.4) is 0 Å². The summed E-state index contributed by atoms with van der Waals surface area (Å²) in [4.78, 5) is -0.110. The first-order valence-corrected chi connectivity index (χ1v) is 7.62. The molecular weight excluding hydrogens is 207 g/mol. The number of rotatable bonds is 4. The van der Waals surface area contributed by atoms with Gasteiger partial charge in [-0.3, -0.25) is 0 Å². The van der Waals surface area contributed by atoms with Gasteiger partial charge in [0.2, 0.25) is 0 Å². The Hall–Kier alpha value is 0.537. The lowest BCUT2D eigenvalue weighted by atomic mass is 10.0. The summed E-state index contributed by atoms with van der Waals surface area (Å²) in [5.74, 6) is 0. The van der Waals surface area contributed by atoms with Crippen LogP contribution in [0.25, 0.3) is 0 Å². The average Bonchev–Trinajstić information content (AvgIpc) is 2.05. The predicted octanol–water partition coefficient (Wildman–Crippen LogP) is 3.30. The van der Waals surface area contributed by atoms with Crippen molar-refractivity contribution < 1.29 is 0 Å². The SMILES string of the molecule is ClC(Cl)C[SiH2]CC1=CCCCC1. The average molecular weight is 223 g/mol. The Balaban J connectivity index is 2.09. The van der Waals surface area contributed by atoms with Gasteiger partial charge in [-0.25, -0.2) is 0 Å². The molecule has 3 heteroatoms. The van der Waals surface area contributed by atoms with Crippen molar-refractivity contribution in [3.8, 4) is 0 Å².